The van der Waals surface area contributed by atoms with Gasteiger partial charge in [-0.05, 0) is 32.3 Å². The van der Waals surface area contributed by atoms with Crippen molar-refractivity contribution in [2.24, 2.45) is 5.92 Å². The first kappa shape index (κ1) is 14.2. The second-order valence-corrected chi connectivity index (χ2v) is 5.58. The first-order valence-corrected chi connectivity index (χ1v) is 6.93. The molecule has 1 aliphatic heterocycles. The molecular weight excluding hydrogens is 250 g/mol. The summed E-state index contributed by atoms with van der Waals surface area (Å²) >= 11 is 0. The van der Waals surface area contributed by atoms with Crippen molar-refractivity contribution >= 4 is 0 Å². The van der Waals surface area contributed by atoms with E-state index in [0.717, 1.165) is 18.4 Å². The highest BCUT2D eigenvalue weighted by Crippen LogP contribution is 2.47. The second-order valence-electron chi connectivity index (χ2n) is 5.58. The maximum atomic E-state index is 9.34. The third-order valence-corrected chi connectivity index (χ3v) is 4.61. The number of ether oxygens (including phenoxy) is 1. The largest absolute Gasteiger partial charge is 0.479 e. The van der Waals surface area contributed by atoms with Crippen LogP contribution in [0.2, 0.25) is 0 Å². The molecule has 0 aromatic heterocycles. The Labute approximate surface area is 119 Å². The van der Waals surface area contributed by atoms with Gasteiger partial charge in [0.15, 0.2) is 11.3 Å². The summed E-state index contributed by atoms with van der Waals surface area (Å²) in [6.45, 7) is 3.86. The van der Waals surface area contributed by atoms with E-state index in [2.05, 4.69) is 6.07 Å². The van der Waals surface area contributed by atoms with Crippen LogP contribution in [-0.4, -0.2) is 5.60 Å². The SMILES string of the molecule is CC1=C(C#N)C(=C(C#N)C#N)OC1(C)C1CCCCC1. The number of nitriles is 3. The van der Waals surface area contributed by atoms with Crippen molar-refractivity contribution in [3.05, 3.63) is 22.5 Å². The molecule has 4 heteroatoms. The van der Waals surface area contributed by atoms with Crippen LogP contribution in [-0.2, 0) is 4.74 Å². The molecule has 0 bridgehead atoms. The Bertz CT molecular complexity index is 587. The van der Waals surface area contributed by atoms with Crippen LogP contribution in [0.15, 0.2) is 22.5 Å². The molecule has 1 heterocycles. The van der Waals surface area contributed by atoms with Crippen molar-refractivity contribution < 1.29 is 4.74 Å². The van der Waals surface area contributed by atoms with Crippen LogP contribution in [0.3, 0.4) is 0 Å². The number of rotatable bonds is 1. The van der Waals surface area contributed by atoms with E-state index in [1.54, 1.807) is 0 Å². The molecule has 0 N–H and O–H groups in total. The second kappa shape index (κ2) is 5.40. The Kier molecular flexibility index (Phi) is 3.82. The van der Waals surface area contributed by atoms with Crippen LogP contribution in [0.5, 0.6) is 0 Å². The number of nitrogens with zero attached hydrogens (tertiary/aromatic N) is 3. The smallest absolute Gasteiger partial charge is 0.172 e. The molecule has 2 aliphatic rings. The van der Waals surface area contributed by atoms with E-state index in [4.69, 9.17) is 15.3 Å². The van der Waals surface area contributed by atoms with Gasteiger partial charge in [0.05, 0.1) is 5.57 Å². The summed E-state index contributed by atoms with van der Waals surface area (Å²) in [6, 6.07) is 5.76. The maximum absolute atomic E-state index is 9.34. The molecule has 0 spiro atoms. The Hall–Kier alpha value is -2.25. The van der Waals surface area contributed by atoms with Crippen LogP contribution in [0.25, 0.3) is 0 Å². The average molecular weight is 267 g/mol. The predicted octanol–water partition coefficient (Wildman–Crippen LogP) is 3.50. The predicted molar refractivity (Wildman–Crippen MR) is 72.6 cm³/mol. The van der Waals surface area contributed by atoms with E-state index in [0.29, 0.717) is 11.5 Å². The topological polar surface area (TPSA) is 80.6 Å². The summed E-state index contributed by atoms with van der Waals surface area (Å²) in [7, 11) is 0. The van der Waals surface area contributed by atoms with Crippen molar-refractivity contribution in [2.75, 3.05) is 0 Å². The molecule has 2 rings (SSSR count). The van der Waals surface area contributed by atoms with E-state index >= 15 is 0 Å². The fourth-order valence-corrected chi connectivity index (χ4v) is 3.24. The lowest BCUT2D eigenvalue weighted by molar-refractivity contribution is 0.00352. The van der Waals surface area contributed by atoms with Crippen molar-refractivity contribution in [2.45, 2.75) is 51.6 Å². The van der Waals surface area contributed by atoms with Gasteiger partial charge in [-0.15, -0.1) is 0 Å². The van der Waals surface area contributed by atoms with Gasteiger partial charge >= 0.3 is 0 Å². The van der Waals surface area contributed by atoms with Gasteiger partial charge in [-0.2, -0.15) is 15.8 Å². The van der Waals surface area contributed by atoms with Gasteiger partial charge in [0.1, 0.15) is 23.8 Å². The van der Waals surface area contributed by atoms with Crippen LogP contribution in [0.1, 0.15) is 46.0 Å². The van der Waals surface area contributed by atoms with Gasteiger partial charge in [0.25, 0.3) is 0 Å². The molecule has 1 fully saturated rings. The van der Waals surface area contributed by atoms with Crippen molar-refractivity contribution in [1.82, 2.24) is 0 Å². The zero-order valence-corrected chi connectivity index (χ0v) is 11.9. The quantitative estimate of drug-likeness (QED) is 0.681. The summed E-state index contributed by atoms with van der Waals surface area (Å²) < 4.78 is 5.99. The first-order chi connectivity index (χ1) is 9.58. The van der Waals surface area contributed by atoms with Gasteiger partial charge in [-0.25, -0.2) is 0 Å². The van der Waals surface area contributed by atoms with Crippen LogP contribution in [0.4, 0.5) is 0 Å². The lowest BCUT2D eigenvalue weighted by Crippen LogP contribution is -2.37. The number of hydrogen-bond acceptors (Lipinski definition) is 4. The molecule has 1 aliphatic carbocycles. The van der Waals surface area contributed by atoms with Crippen LogP contribution in [0, 0.1) is 39.9 Å². The zero-order valence-electron chi connectivity index (χ0n) is 11.9. The molecule has 0 saturated heterocycles. The fourth-order valence-electron chi connectivity index (χ4n) is 3.24. The molecule has 0 aromatic carbocycles. The first-order valence-electron chi connectivity index (χ1n) is 6.93. The van der Waals surface area contributed by atoms with Gasteiger partial charge in [-0.3, -0.25) is 0 Å². The minimum atomic E-state index is -0.556. The zero-order chi connectivity index (χ0) is 14.8. The molecule has 4 nitrogen and oxygen atoms in total. The molecule has 1 unspecified atom stereocenters. The molecule has 0 amide bonds. The minimum Gasteiger partial charge on any atom is -0.479 e. The van der Waals surface area contributed by atoms with Gasteiger partial charge < -0.3 is 4.74 Å². The van der Waals surface area contributed by atoms with Gasteiger partial charge in [-0.1, -0.05) is 19.3 Å². The third kappa shape index (κ3) is 2.06. The van der Waals surface area contributed by atoms with Gasteiger partial charge in [0, 0.05) is 5.92 Å². The van der Waals surface area contributed by atoms with E-state index in [1.165, 1.54) is 19.3 Å². The maximum Gasteiger partial charge on any atom is 0.172 e. The van der Waals surface area contributed by atoms with Crippen molar-refractivity contribution in [3.8, 4) is 18.2 Å². The lowest BCUT2D eigenvalue weighted by Gasteiger charge is -2.37. The molecular formula is C16H17N3O. The highest BCUT2D eigenvalue weighted by Gasteiger charge is 2.46. The van der Waals surface area contributed by atoms with E-state index in [-0.39, 0.29) is 11.3 Å². The summed E-state index contributed by atoms with van der Waals surface area (Å²) in [5.41, 5.74) is 0.543. The summed E-state index contributed by atoms with van der Waals surface area (Å²) in [4.78, 5) is 0. The number of allylic oxidation sites excluding steroid dienone is 2. The van der Waals surface area contributed by atoms with E-state index < -0.39 is 5.60 Å². The van der Waals surface area contributed by atoms with E-state index in [9.17, 15) is 5.26 Å². The third-order valence-electron chi connectivity index (χ3n) is 4.61. The molecule has 1 atom stereocenters. The summed E-state index contributed by atoms with van der Waals surface area (Å²) in [6.07, 6.45) is 5.70. The molecule has 1 saturated carbocycles. The fraction of sp³-hybridized carbons (Fsp3) is 0.562. The Morgan fingerprint density at radius 1 is 1.15 bits per heavy atom. The molecule has 0 radical (unpaired) electrons. The Balaban J connectivity index is 2.48. The van der Waals surface area contributed by atoms with Gasteiger partial charge in [0.2, 0.25) is 0 Å². The Morgan fingerprint density at radius 3 is 2.25 bits per heavy atom. The molecule has 0 aromatic rings. The average Bonchev–Trinajstić information content (AvgIpc) is 2.74. The highest BCUT2D eigenvalue weighted by atomic mass is 16.5. The standard InChI is InChI=1S/C16H17N3O/c1-11-14(10-19)15(12(8-17)9-18)20-16(11,2)13-6-4-3-5-7-13/h13H,3-7H2,1-2H3. The molecule has 102 valence electrons. The van der Waals surface area contributed by atoms with Crippen molar-refractivity contribution in [3.63, 3.8) is 0 Å². The minimum absolute atomic E-state index is 0.111. The van der Waals surface area contributed by atoms with Crippen molar-refractivity contribution in [1.29, 1.82) is 15.8 Å². The Morgan fingerprint density at radius 2 is 1.75 bits per heavy atom. The van der Waals surface area contributed by atoms with Crippen LogP contribution >= 0.6 is 0 Å². The lowest BCUT2D eigenvalue weighted by atomic mass is 9.74. The van der Waals surface area contributed by atoms with E-state index in [1.807, 2.05) is 26.0 Å². The summed E-state index contributed by atoms with van der Waals surface area (Å²) in [5, 5.41) is 27.4. The summed E-state index contributed by atoms with van der Waals surface area (Å²) in [5.74, 6) is 0.513. The highest BCUT2D eigenvalue weighted by molar-refractivity contribution is 5.57. The molecule has 20 heavy (non-hydrogen) atoms. The number of hydrogen-bond donors (Lipinski definition) is 0. The van der Waals surface area contributed by atoms with Crippen LogP contribution < -0.4 is 0 Å². The monoisotopic (exact) mass is 267 g/mol. The normalized spacial score (nSPS) is 26.4.